The molecule has 0 amide bonds. The van der Waals surface area contributed by atoms with Crippen LogP contribution in [0.5, 0.6) is 11.5 Å². The van der Waals surface area contributed by atoms with Gasteiger partial charge in [0.1, 0.15) is 18.2 Å². The zero-order valence-corrected chi connectivity index (χ0v) is 26.4. The molecule has 0 aliphatic rings. The van der Waals surface area contributed by atoms with E-state index in [9.17, 15) is 19.2 Å². The number of carbonyl (C=O) groups excluding carboxylic acids is 4. The van der Waals surface area contributed by atoms with Crippen molar-refractivity contribution in [1.29, 1.82) is 0 Å². The van der Waals surface area contributed by atoms with Crippen molar-refractivity contribution in [3.63, 3.8) is 0 Å². The Morgan fingerprint density at radius 1 is 0.744 bits per heavy atom. The van der Waals surface area contributed by atoms with Crippen LogP contribution in [0.3, 0.4) is 0 Å². The summed E-state index contributed by atoms with van der Waals surface area (Å²) in [5, 5.41) is 3.04. The summed E-state index contributed by atoms with van der Waals surface area (Å²) in [6.45, 7) is 10.0. The Labute approximate surface area is 255 Å². The summed E-state index contributed by atoms with van der Waals surface area (Å²) in [6, 6.07) is 3.69. The van der Waals surface area contributed by atoms with E-state index < -0.39 is 36.6 Å². The van der Waals surface area contributed by atoms with E-state index in [-0.39, 0.29) is 43.8 Å². The van der Waals surface area contributed by atoms with Crippen molar-refractivity contribution in [2.24, 2.45) is 0 Å². The molecule has 0 heterocycles. The minimum atomic E-state index is -0.955. The van der Waals surface area contributed by atoms with Gasteiger partial charge in [-0.15, -0.1) is 0 Å². The standard InChI is InChI=1S/C31H49NO11/c1-7-10-12-17-38-29(34)42-26-16-15-24(20-27(26)43-30(35)39-18-13-11-8-2)19-25(28(33)37-6)32-21-23(5)41-31(36)40-22(4)14-9-3/h15-16,20,22-23,25,32H,7-14,17-19,21H2,1-6H3/t22?,23?,25-/m0/s1. The summed E-state index contributed by atoms with van der Waals surface area (Å²) in [7, 11) is 1.26. The zero-order valence-electron chi connectivity index (χ0n) is 26.4. The first-order chi connectivity index (χ1) is 20.6. The van der Waals surface area contributed by atoms with Crippen molar-refractivity contribution in [3.8, 4) is 11.5 Å². The number of methoxy groups -OCH3 is 1. The van der Waals surface area contributed by atoms with Crippen molar-refractivity contribution >= 4 is 24.4 Å². The third-order valence-corrected chi connectivity index (χ3v) is 6.20. The Balaban J connectivity index is 2.97. The molecule has 1 aromatic carbocycles. The first kappa shape index (κ1) is 37.5. The largest absolute Gasteiger partial charge is 0.513 e. The Bertz CT molecular complexity index is 984. The molecule has 2 unspecified atom stereocenters. The van der Waals surface area contributed by atoms with Crippen molar-refractivity contribution in [2.75, 3.05) is 26.9 Å². The highest BCUT2D eigenvalue weighted by atomic mass is 16.7. The van der Waals surface area contributed by atoms with Gasteiger partial charge in [0.25, 0.3) is 0 Å². The number of benzene rings is 1. The minimum absolute atomic E-state index is 0.0461. The molecule has 0 bridgehead atoms. The molecule has 244 valence electrons. The number of rotatable bonds is 20. The molecule has 0 aliphatic heterocycles. The SMILES string of the molecule is CCCCCOC(=O)Oc1ccc(C[C@H](NCC(C)OC(=O)OC(C)CCC)C(=O)OC)cc1OC(=O)OCCCCC. The Hall–Kier alpha value is -3.54. The van der Waals surface area contributed by atoms with E-state index in [1.165, 1.54) is 19.2 Å². The summed E-state index contributed by atoms with van der Waals surface area (Å²) < 4.78 is 36.3. The summed E-state index contributed by atoms with van der Waals surface area (Å²) in [5.74, 6) is -0.678. The number of ether oxygens (including phenoxy) is 7. The highest BCUT2D eigenvalue weighted by Crippen LogP contribution is 2.30. The van der Waals surface area contributed by atoms with E-state index >= 15 is 0 Å². The zero-order chi connectivity index (χ0) is 32.0. The molecule has 12 heteroatoms. The van der Waals surface area contributed by atoms with E-state index in [2.05, 4.69) is 5.32 Å². The first-order valence-electron chi connectivity index (χ1n) is 15.1. The third kappa shape index (κ3) is 16.6. The molecule has 0 aliphatic carbocycles. The van der Waals surface area contributed by atoms with Crippen LogP contribution < -0.4 is 14.8 Å². The molecule has 1 rings (SSSR count). The average Bonchev–Trinajstić information content (AvgIpc) is 2.96. The van der Waals surface area contributed by atoms with Gasteiger partial charge in [-0.3, -0.25) is 4.79 Å². The van der Waals surface area contributed by atoms with E-state index in [4.69, 9.17) is 33.2 Å². The second-order valence-corrected chi connectivity index (χ2v) is 10.2. The number of nitrogens with one attached hydrogen (secondary N) is 1. The van der Waals surface area contributed by atoms with Crippen LogP contribution in [0.4, 0.5) is 14.4 Å². The van der Waals surface area contributed by atoms with Gasteiger partial charge in [0.05, 0.1) is 20.3 Å². The van der Waals surface area contributed by atoms with Gasteiger partial charge in [-0.25, -0.2) is 14.4 Å². The van der Waals surface area contributed by atoms with Gasteiger partial charge in [0.2, 0.25) is 0 Å². The van der Waals surface area contributed by atoms with Crippen LogP contribution >= 0.6 is 0 Å². The van der Waals surface area contributed by atoms with Gasteiger partial charge in [-0.05, 0) is 57.2 Å². The van der Waals surface area contributed by atoms with Crippen LogP contribution in [0.25, 0.3) is 0 Å². The Morgan fingerprint density at radius 3 is 1.88 bits per heavy atom. The molecule has 43 heavy (non-hydrogen) atoms. The van der Waals surface area contributed by atoms with Crippen LogP contribution in [0.2, 0.25) is 0 Å². The second kappa shape index (κ2) is 22.1. The first-order valence-corrected chi connectivity index (χ1v) is 15.1. The molecule has 0 fully saturated rings. The summed E-state index contributed by atoms with van der Waals surface area (Å²) in [6.07, 6.45) is 3.27. The molecule has 1 aromatic rings. The quantitative estimate of drug-likeness (QED) is 0.0743. The molecule has 3 atom stereocenters. The van der Waals surface area contributed by atoms with Crippen molar-refractivity contribution < 1.29 is 52.3 Å². The topological polar surface area (TPSA) is 145 Å². The van der Waals surface area contributed by atoms with Gasteiger partial charge < -0.3 is 38.5 Å². The van der Waals surface area contributed by atoms with E-state index in [1.807, 2.05) is 20.8 Å². The van der Waals surface area contributed by atoms with E-state index in [1.54, 1.807) is 19.9 Å². The number of hydrogen-bond donors (Lipinski definition) is 1. The van der Waals surface area contributed by atoms with Crippen LogP contribution in [0.1, 0.15) is 91.5 Å². The number of unbranched alkanes of at least 4 members (excludes halogenated alkanes) is 4. The fourth-order valence-electron chi connectivity index (χ4n) is 3.89. The van der Waals surface area contributed by atoms with Crippen molar-refractivity contribution in [1.82, 2.24) is 5.32 Å². The maximum absolute atomic E-state index is 12.6. The van der Waals surface area contributed by atoms with Gasteiger partial charge >= 0.3 is 24.4 Å². The molecular weight excluding hydrogens is 562 g/mol. The van der Waals surface area contributed by atoms with E-state index in [0.717, 1.165) is 38.5 Å². The molecule has 0 saturated carbocycles. The predicted octanol–water partition coefficient (Wildman–Crippen LogP) is 6.50. The molecule has 1 N–H and O–H groups in total. The van der Waals surface area contributed by atoms with Crippen LogP contribution in [0, 0.1) is 0 Å². The third-order valence-electron chi connectivity index (χ3n) is 6.20. The maximum Gasteiger partial charge on any atom is 0.513 e. The molecular formula is C31H49NO11. The lowest BCUT2D eigenvalue weighted by molar-refractivity contribution is -0.143. The fraction of sp³-hybridized carbons (Fsp3) is 0.677. The molecule has 0 aromatic heterocycles. The van der Waals surface area contributed by atoms with Gasteiger partial charge in [0.15, 0.2) is 11.5 Å². The van der Waals surface area contributed by atoms with Gasteiger partial charge in [-0.1, -0.05) is 58.9 Å². The van der Waals surface area contributed by atoms with Crippen LogP contribution in [0.15, 0.2) is 18.2 Å². The van der Waals surface area contributed by atoms with Crippen molar-refractivity contribution in [2.45, 2.75) is 111 Å². The lowest BCUT2D eigenvalue weighted by Gasteiger charge is -2.21. The average molecular weight is 612 g/mol. The smallest absolute Gasteiger partial charge is 0.468 e. The summed E-state index contributed by atoms with van der Waals surface area (Å²) >= 11 is 0. The van der Waals surface area contributed by atoms with Crippen molar-refractivity contribution in [3.05, 3.63) is 23.8 Å². The Kier molecular flexibility index (Phi) is 19.2. The van der Waals surface area contributed by atoms with Gasteiger partial charge in [-0.2, -0.15) is 0 Å². The highest BCUT2D eigenvalue weighted by Gasteiger charge is 2.24. The lowest BCUT2D eigenvalue weighted by atomic mass is 10.0. The highest BCUT2D eigenvalue weighted by molar-refractivity contribution is 5.76. The molecule has 0 radical (unpaired) electrons. The molecule has 0 saturated heterocycles. The predicted molar refractivity (Wildman–Crippen MR) is 158 cm³/mol. The Morgan fingerprint density at radius 2 is 1.33 bits per heavy atom. The second-order valence-electron chi connectivity index (χ2n) is 10.2. The fourth-order valence-corrected chi connectivity index (χ4v) is 3.89. The molecule has 12 nitrogen and oxygen atoms in total. The molecule has 0 spiro atoms. The normalized spacial score (nSPS) is 12.8. The monoisotopic (exact) mass is 611 g/mol. The van der Waals surface area contributed by atoms with Crippen LogP contribution in [-0.4, -0.2) is 69.6 Å². The summed E-state index contributed by atoms with van der Waals surface area (Å²) in [5.41, 5.74) is 0.557. The summed E-state index contributed by atoms with van der Waals surface area (Å²) in [4.78, 5) is 49.2. The minimum Gasteiger partial charge on any atom is -0.468 e. The van der Waals surface area contributed by atoms with Gasteiger partial charge in [0, 0.05) is 6.54 Å². The maximum atomic E-state index is 12.6. The lowest BCUT2D eigenvalue weighted by Crippen LogP contribution is -2.43. The van der Waals surface area contributed by atoms with Crippen LogP contribution in [-0.2, 0) is 34.9 Å². The van der Waals surface area contributed by atoms with E-state index in [0.29, 0.717) is 18.4 Å². The number of carbonyl (C=O) groups is 4. The number of esters is 1. The number of hydrogen-bond acceptors (Lipinski definition) is 12.